The molecule has 2 aliphatic rings. The first-order valence-electron chi connectivity index (χ1n) is 10.4. The summed E-state index contributed by atoms with van der Waals surface area (Å²) in [5.74, 6) is 5.72. The molecule has 0 spiro atoms. The molecule has 0 unspecified atom stereocenters. The maximum Gasteiger partial charge on any atom is 0.333 e. The number of rotatable bonds is 6. The van der Waals surface area contributed by atoms with Crippen molar-refractivity contribution in [2.75, 3.05) is 18.6 Å². The summed E-state index contributed by atoms with van der Waals surface area (Å²) in [4.78, 5) is 38.3. The van der Waals surface area contributed by atoms with E-state index >= 15 is 0 Å². The number of H-pyrrole nitrogens is 1. The summed E-state index contributed by atoms with van der Waals surface area (Å²) in [5, 5.41) is 0. The van der Waals surface area contributed by atoms with Gasteiger partial charge in [-0.2, -0.15) is 4.39 Å². The Morgan fingerprint density at radius 3 is 2.66 bits per heavy atom. The number of halogens is 1. The summed E-state index contributed by atoms with van der Waals surface area (Å²) >= 11 is 0. The van der Waals surface area contributed by atoms with Crippen LogP contribution in [0.5, 0.6) is 0 Å². The van der Waals surface area contributed by atoms with E-state index in [1.165, 1.54) is 16.8 Å². The Kier molecular flexibility index (Phi) is 4.81. The third-order valence-corrected chi connectivity index (χ3v) is 5.57. The van der Waals surface area contributed by atoms with Crippen molar-refractivity contribution in [3.05, 3.63) is 63.4 Å². The maximum absolute atomic E-state index is 13.0. The van der Waals surface area contributed by atoms with Crippen LogP contribution in [0.25, 0.3) is 11.2 Å². The predicted octanol–water partition coefficient (Wildman–Crippen LogP) is 2.07. The number of nitrogens with zero attached hydrogens (tertiary/aromatic N) is 5. The van der Waals surface area contributed by atoms with E-state index < -0.39 is 5.95 Å². The standard InChI is InChI=1S/C22H21FN6O3/c1-13(27(2)16-9-10-17(23)24-12-16)32-11-3-4-18-25-19-20(26-18)28(14-5-6-14)22(31)29(21(19)30)15-7-8-15/h9-10,12,14-15H,1,5-8,11H2,2H3,(H,25,26). The lowest BCUT2D eigenvalue weighted by molar-refractivity contribution is 0.248. The fraction of sp³-hybridized carbons (Fsp3) is 0.364. The molecular formula is C22H21FN6O3. The third-order valence-electron chi connectivity index (χ3n) is 5.57. The summed E-state index contributed by atoms with van der Waals surface area (Å²) in [6, 6.07) is 2.88. The number of aromatic amines is 1. The lowest BCUT2D eigenvalue weighted by atomic mass is 10.4. The average Bonchev–Trinajstić information content (AvgIpc) is 3.70. The van der Waals surface area contributed by atoms with E-state index in [0.29, 0.717) is 28.6 Å². The first-order chi connectivity index (χ1) is 15.4. The number of hydrogen-bond acceptors (Lipinski definition) is 6. The molecule has 164 valence electrons. The normalized spacial score (nSPS) is 15.3. The van der Waals surface area contributed by atoms with Crippen LogP contribution in [0.2, 0.25) is 0 Å². The van der Waals surface area contributed by atoms with Crippen LogP contribution in [0.4, 0.5) is 10.1 Å². The zero-order chi connectivity index (χ0) is 22.4. The Bertz CT molecular complexity index is 1380. The zero-order valence-corrected chi connectivity index (χ0v) is 17.5. The molecule has 0 saturated heterocycles. The van der Waals surface area contributed by atoms with Gasteiger partial charge in [-0.3, -0.25) is 13.9 Å². The second-order valence-electron chi connectivity index (χ2n) is 7.96. The molecule has 32 heavy (non-hydrogen) atoms. The molecule has 2 saturated carbocycles. The summed E-state index contributed by atoms with van der Waals surface area (Å²) in [6.07, 6.45) is 4.86. The Hall–Kier alpha value is -3.87. The average molecular weight is 436 g/mol. The van der Waals surface area contributed by atoms with Crippen LogP contribution < -0.4 is 16.1 Å². The number of pyridine rings is 1. The molecule has 0 amide bonds. The number of aromatic nitrogens is 5. The van der Waals surface area contributed by atoms with Crippen LogP contribution in [-0.2, 0) is 4.74 Å². The highest BCUT2D eigenvalue weighted by atomic mass is 19.1. The number of imidazole rings is 1. The van der Waals surface area contributed by atoms with Crippen LogP contribution in [0.1, 0.15) is 43.6 Å². The highest BCUT2D eigenvalue weighted by Gasteiger charge is 2.34. The molecule has 3 heterocycles. The van der Waals surface area contributed by atoms with Crippen LogP contribution >= 0.6 is 0 Å². The maximum atomic E-state index is 13.0. The second-order valence-corrected chi connectivity index (χ2v) is 7.96. The largest absolute Gasteiger partial charge is 0.466 e. The van der Waals surface area contributed by atoms with Crippen LogP contribution in [0.3, 0.4) is 0 Å². The topological polar surface area (TPSA) is 98.0 Å². The van der Waals surface area contributed by atoms with Crippen molar-refractivity contribution in [2.45, 2.75) is 37.8 Å². The van der Waals surface area contributed by atoms with Gasteiger partial charge in [0.25, 0.3) is 5.56 Å². The number of hydrogen-bond donors (Lipinski definition) is 1. The van der Waals surface area contributed by atoms with E-state index in [9.17, 15) is 14.0 Å². The van der Waals surface area contributed by atoms with Gasteiger partial charge < -0.3 is 14.6 Å². The highest BCUT2D eigenvalue weighted by molar-refractivity contribution is 5.71. The molecule has 0 radical (unpaired) electrons. The van der Waals surface area contributed by atoms with E-state index in [1.54, 1.807) is 22.6 Å². The Morgan fingerprint density at radius 2 is 2.00 bits per heavy atom. The van der Waals surface area contributed by atoms with Gasteiger partial charge in [-0.05, 0) is 50.3 Å². The molecule has 2 fully saturated rings. The van der Waals surface area contributed by atoms with Crippen LogP contribution in [-0.4, -0.2) is 37.7 Å². The van der Waals surface area contributed by atoms with Crippen molar-refractivity contribution in [3.63, 3.8) is 0 Å². The smallest absolute Gasteiger partial charge is 0.333 e. The van der Waals surface area contributed by atoms with E-state index in [2.05, 4.69) is 33.4 Å². The van der Waals surface area contributed by atoms with Gasteiger partial charge in [0.15, 0.2) is 29.5 Å². The molecule has 9 nitrogen and oxygen atoms in total. The SMILES string of the molecule is C=C(OCC#Cc1nc2c([nH]1)c(=O)n(C1CC1)c(=O)n2C1CC1)N(C)c1ccc(F)nc1. The zero-order valence-electron chi connectivity index (χ0n) is 17.5. The van der Waals surface area contributed by atoms with E-state index in [1.807, 2.05) is 0 Å². The Morgan fingerprint density at radius 1 is 1.28 bits per heavy atom. The monoisotopic (exact) mass is 436 g/mol. The van der Waals surface area contributed by atoms with Gasteiger partial charge in [-0.15, -0.1) is 0 Å². The molecule has 2 aliphatic carbocycles. The lowest BCUT2D eigenvalue weighted by Crippen LogP contribution is -2.39. The molecule has 0 atom stereocenters. The molecule has 0 aliphatic heterocycles. The first kappa shape index (κ1) is 20.1. The quantitative estimate of drug-likeness (QED) is 0.361. The number of nitrogens with one attached hydrogen (secondary N) is 1. The third kappa shape index (κ3) is 3.66. The first-order valence-corrected chi connectivity index (χ1v) is 10.4. The van der Waals surface area contributed by atoms with Gasteiger partial charge in [0.05, 0.1) is 11.9 Å². The molecule has 3 aromatic rings. The number of fused-ring (bicyclic) bond motifs is 1. The van der Waals surface area contributed by atoms with Crippen LogP contribution in [0, 0.1) is 17.8 Å². The van der Waals surface area contributed by atoms with Gasteiger partial charge in [0, 0.05) is 19.1 Å². The molecule has 3 aromatic heterocycles. The summed E-state index contributed by atoms with van der Waals surface area (Å²) in [7, 11) is 1.71. The van der Waals surface area contributed by atoms with Crippen LogP contribution in [0.15, 0.2) is 40.4 Å². The molecule has 10 heteroatoms. The van der Waals surface area contributed by atoms with Gasteiger partial charge >= 0.3 is 5.69 Å². The van der Waals surface area contributed by atoms with Crippen molar-refractivity contribution in [2.24, 2.45) is 0 Å². The highest BCUT2D eigenvalue weighted by Crippen LogP contribution is 2.36. The summed E-state index contributed by atoms with van der Waals surface area (Å²) in [6.45, 7) is 3.86. The second kappa shape index (κ2) is 7.67. The van der Waals surface area contributed by atoms with E-state index in [4.69, 9.17) is 4.74 Å². The van der Waals surface area contributed by atoms with E-state index in [0.717, 1.165) is 25.7 Å². The summed E-state index contributed by atoms with van der Waals surface area (Å²) in [5.41, 5.74) is 0.659. The number of ether oxygens (including phenoxy) is 1. The van der Waals surface area contributed by atoms with Crippen molar-refractivity contribution >= 4 is 16.9 Å². The molecule has 0 aromatic carbocycles. The van der Waals surface area contributed by atoms with Crippen molar-refractivity contribution in [3.8, 4) is 11.8 Å². The molecule has 0 bridgehead atoms. The predicted molar refractivity (Wildman–Crippen MR) is 116 cm³/mol. The van der Waals surface area contributed by atoms with Gasteiger partial charge in [-0.25, -0.2) is 14.8 Å². The van der Waals surface area contributed by atoms with Crippen molar-refractivity contribution in [1.29, 1.82) is 0 Å². The minimum atomic E-state index is -0.568. The lowest BCUT2D eigenvalue weighted by Gasteiger charge is -2.20. The fourth-order valence-corrected chi connectivity index (χ4v) is 3.52. The van der Waals surface area contributed by atoms with Gasteiger partial charge in [0.2, 0.25) is 5.95 Å². The minimum Gasteiger partial charge on any atom is -0.466 e. The van der Waals surface area contributed by atoms with E-state index in [-0.39, 0.29) is 29.9 Å². The van der Waals surface area contributed by atoms with Gasteiger partial charge in [0.1, 0.15) is 0 Å². The van der Waals surface area contributed by atoms with Crippen molar-refractivity contribution in [1.82, 2.24) is 24.1 Å². The summed E-state index contributed by atoms with van der Waals surface area (Å²) < 4.78 is 21.5. The fourth-order valence-electron chi connectivity index (χ4n) is 3.52. The molecule has 1 N–H and O–H groups in total. The molecular weight excluding hydrogens is 415 g/mol. The number of anilines is 1. The van der Waals surface area contributed by atoms with Crippen molar-refractivity contribution < 1.29 is 9.13 Å². The van der Waals surface area contributed by atoms with Gasteiger partial charge in [-0.1, -0.05) is 5.92 Å². The Labute approximate surface area is 182 Å². The molecule has 5 rings (SSSR count). The Balaban J connectivity index is 1.34. The minimum absolute atomic E-state index is 0.0186.